The van der Waals surface area contributed by atoms with E-state index in [2.05, 4.69) is 15.5 Å². The van der Waals surface area contributed by atoms with Crippen LogP contribution in [0.25, 0.3) is 0 Å². The van der Waals surface area contributed by atoms with Crippen LogP contribution >= 0.6 is 0 Å². The van der Waals surface area contributed by atoms with Gasteiger partial charge in [-0.1, -0.05) is 12.1 Å². The number of hydrogen-bond acceptors (Lipinski definition) is 6. The zero-order valence-corrected chi connectivity index (χ0v) is 12.2. The predicted octanol–water partition coefficient (Wildman–Crippen LogP) is -0.365. The van der Waals surface area contributed by atoms with Crippen LogP contribution in [0.1, 0.15) is 10.4 Å². The number of hydroxylamine groups is 1. The number of para-hydroxylation sites is 2. The van der Waals surface area contributed by atoms with E-state index < -0.39 is 22.5 Å². The number of fused-ring (bicyclic) bond motifs is 1. The SMILES string of the molecule is O=CC1=[N+]([O-])c2ccccc2[NH+]([O-])/C1=N/NC(=O)c1ccncc1. The molecule has 9 heteroatoms. The summed E-state index contributed by atoms with van der Waals surface area (Å²) in [6.07, 6.45) is 3.08. The number of aldehydes is 1. The Labute approximate surface area is 135 Å². The molecule has 0 spiro atoms. The zero-order chi connectivity index (χ0) is 17.1. The number of hydrogen-bond donors (Lipinski definition) is 2. The van der Waals surface area contributed by atoms with Gasteiger partial charge in [0.2, 0.25) is 12.0 Å². The lowest BCUT2D eigenvalue weighted by Crippen LogP contribution is -3.07. The second kappa shape index (κ2) is 6.36. The van der Waals surface area contributed by atoms with E-state index in [0.29, 0.717) is 4.74 Å². The van der Waals surface area contributed by atoms with Crippen LogP contribution in [-0.2, 0) is 4.79 Å². The van der Waals surface area contributed by atoms with E-state index in [1.165, 1.54) is 36.7 Å². The van der Waals surface area contributed by atoms with Crippen molar-refractivity contribution in [3.05, 3.63) is 64.8 Å². The maximum absolute atomic E-state index is 12.4. The van der Waals surface area contributed by atoms with E-state index in [1.807, 2.05) is 0 Å². The number of amides is 1. The van der Waals surface area contributed by atoms with Crippen molar-refractivity contribution in [3.8, 4) is 0 Å². The lowest BCUT2D eigenvalue weighted by atomic mass is 10.2. The van der Waals surface area contributed by atoms with E-state index in [0.717, 1.165) is 0 Å². The maximum atomic E-state index is 12.4. The van der Waals surface area contributed by atoms with E-state index in [-0.39, 0.29) is 23.2 Å². The van der Waals surface area contributed by atoms with Gasteiger partial charge >= 0.3 is 11.5 Å². The van der Waals surface area contributed by atoms with Gasteiger partial charge in [0, 0.05) is 30.1 Å². The van der Waals surface area contributed by atoms with E-state index in [9.17, 15) is 20.0 Å². The minimum atomic E-state index is -0.616. The summed E-state index contributed by atoms with van der Waals surface area (Å²) < 4.78 is 0.321. The zero-order valence-electron chi connectivity index (χ0n) is 12.2. The first-order valence-corrected chi connectivity index (χ1v) is 6.85. The Hall–Kier alpha value is -3.43. The number of benzene rings is 1. The summed E-state index contributed by atoms with van der Waals surface area (Å²) in [4.78, 5) is 27.0. The highest BCUT2D eigenvalue weighted by Gasteiger charge is 2.36. The number of carbonyl (C=O) groups excluding carboxylic acids is 2. The molecule has 0 aliphatic carbocycles. The van der Waals surface area contributed by atoms with Crippen molar-refractivity contribution in [2.75, 3.05) is 0 Å². The molecule has 1 amide bonds. The van der Waals surface area contributed by atoms with Crippen molar-refractivity contribution in [2.24, 2.45) is 5.10 Å². The third-order valence-electron chi connectivity index (χ3n) is 3.37. The van der Waals surface area contributed by atoms with Gasteiger partial charge in [-0.25, -0.2) is 5.43 Å². The minimum Gasteiger partial charge on any atom is -0.622 e. The lowest BCUT2D eigenvalue weighted by Gasteiger charge is -2.25. The first kappa shape index (κ1) is 15.5. The van der Waals surface area contributed by atoms with Crippen molar-refractivity contribution in [2.45, 2.75) is 0 Å². The van der Waals surface area contributed by atoms with Crippen LogP contribution in [0.2, 0.25) is 0 Å². The molecule has 2 heterocycles. The molecule has 2 N–H and O–H groups in total. The molecule has 0 bridgehead atoms. The lowest BCUT2D eigenvalue weighted by molar-refractivity contribution is -0.673. The number of amidine groups is 1. The molecular formula is C15H11N5O4. The topological polar surface area (TPSA) is 125 Å². The summed E-state index contributed by atoms with van der Waals surface area (Å²) in [5, 5.41) is 27.7. The molecular weight excluding hydrogens is 314 g/mol. The summed E-state index contributed by atoms with van der Waals surface area (Å²) >= 11 is 0. The molecule has 1 aromatic carbocycles. The highest BCUT2D eigenvalue weighted by molar-refractivity contribution is 6.57. The molecule has 0 saturated carbocycles. The maximum Gasteiger partial charge on any atom is 0.341 e. The van der Waals surface area contributed by atoms with Gasteiger partial charge < -0.3 is 10.4 Å². The Morgan fingerprint density at radius 2 is 1.96 bits per heavy atom. The highest BCUT2D eigenvalue weighted by Crippen LogP contribution is 2.22. The molecule has 0 fully saturated rings. The number of carbonyl (C=O) groups is 2. The second-order valence-corrected chi connectivity index (χ2v) is 4.78. The van der Waals surface area contributed by atoms with Crippen molar-refractivity contribution in [1.82, 2.24) is 10.4 Å². The van der Waals surface area contributed by atoms with Crippen LogP contribution in [0.15, 0.2) is 53.9 Å². The number of nitrogens with one attached hydrogen (secondary N) is 2. The average Bonchev–Trinajstić information content (AvgIpc) is 2.64. The Morgan fingerprint density at radius 3 is 2.67 bits per heavy atom. The van der Waals surface area contributed by atoms with Crippen molar-refractivity contribution in [3.63, 3.8) is 0 Å². The molecule has 3 rings (SSSR count). The third-order valence-corrected chi connectivity index (χ3v) is 3.37. The largest absolute Gasteiger partial charge is 0.622 e. The predicted molar refractivity (Wildman–Crippen MR) is 83.9 cm³/mol. The molecule has 120 valence electrons. The molecule has 1 unspecified atom stereocenters. The molecule has 1 atom stereocenters. The Bertz CT molecular complexity index is 863. The number of aromatic nitrogens is 1. The number of rotatable bonds is 3. The minimum absolute atomic E-state index is 0.0593. The summed E-state index contributed by atoms with van der Waals surface area (Å²) in [5.74, 6) is -1.01. The first-order valence-electron chi connectivity index (χ1n) is 6.85. The Morgan fingerprint density at radius 1 is 1.25 bits per heavy atom. The molecule has 1 aromatic heterocycles. The van der Waals surface area contributed by atoms with Crippen molar-refractivity contribution >= 4 is 35.1 Å². The van der Waals surface area contributed by atoms with E-state index >= 15 is 0 Å². The van der Waals surface area contributed by atoms with Crippen LogP contribution in [0.4, 0.5) is 11.4 Å². The number of pyridine rings is 1. The Kier molecular flexibility index (Phi) is 4.10. The molecule has 1 aliphatic rings. The normalized spacial score (nSPS) is 18.2. The molecule has 0 saturated heterocycles. The standard InChI is InChI=1S/C15H11N5O4/c21-9-13-14(17-18-15(22)10-5-7-16-8-6-10)20(24)12-4-2-1-3-11(12)19(13)23/h1-9,20H,(H,18,22)/b17-14+. The molecule has 2 aromatic rings. The van der Waals surface area contributed by atoms with Gasteiger partial charge in [-0.3, -0.25) is 19.6 Å². The van der Waals surface area contributed by atoms with Crippen molar-refractivity contribution < 1.29 is 19.4 Å². The number of nitrogens with zero attached hydrogens (tertiary/aromatic N) is 3. The van der Waals surface area contributed by atoms with Crippen LogP contribution in [0, 0.1) is 10.4 Å². The van der Waals surface area contributed by atoms with Gasteiger partial charge in [0.15, 0.2) is 0 Å². The fourth-order valence-electron chi connectivity index (χ4n) is 2.20. The van der Waals surface area contributed by atoms with E-state index in [1.54, 1.807) is 12.1 Å². The number of quaternary nitrogens is 1. The fraction of sp³-hybridized carbons (Fsp3) is 0. The first-order chi connectivity index (χ1) is 11.6. The van der Waals surface area contributed by atoms with Crippen LogP contribution in [-0.4, -0.2) is 33.5 Å². The molecule has 1 aliphatic heterocycles. The second-order valence-electron chi connectivity index (χ2n) is 4.78. The van der Waals surface area contributed by atoms with Gasteiger partial charge in [-0.2, -0.15) is 4.74 Å². The van der Waals surface area contributed by atoms with Crippen LogP contribution in [0.3, 0.4) is 0 Å². The number of hydrazone groups is 1. The quantitative estimate of drug-likeness (QED) is 0.345. The van der Waals surface area contributed by atoms with Crippen LogP contribution < -0.4 is 10.5 Å². The Balaban J connectivity index is 1.97. The van der Waals surface area contributed by atoms with Gasteiger partial charge in [0.1, 0.15) is 0 Å². The molecule has 24 heavy (non-hydrogen) atoms. The summed E-state index contributed by atoms with van der Waals surface area (Å²) in [5.41, 5.74) is 2.14. The van der Waals surface area contributed by atoms with Crippen LogP contribution in [0.5, 0.6) is 0 Å². The summed E-state index contributed by atoms with van der Waals surface area (Å²) in [7, 11) is 0. The fourth-order valence-corrected chi connectivity index (χ4v) is 2.20. The molecule has 9 nitrogen and oxygen atoms in total. The highest BCUT2D eigenvalue weighted by atomic mass is 16.5. The van der Waals surface area contributed by atoms with Gasteiger partial charge in [-0.05, 0) is 12.1 Å². The average molecular weight is 325 g/mol. The summed E-state index contributed by atoms with van der Waals surface area (Å²) in [6.45, 7) is 0. The third kappa shape index (κ3) is 2.64. The van der Waals surface area contributed by atoms with Crippen molar-refractivity contribution in [1.29, 1.82) is 0 Å². The monoisotopic (exact) mass is 325 g/mol. The van der Waals surface area contributed by atoms with Gasteiger partial charge in [0.05, 0.1) is 0 Å². The smallest absolute Gasteiger partial charge is 0.341 e. The van der Waals surface area contributed by atoms with E-state index in [4.69, 9.17) is 0 Å². The summed E-state index contributed by atoms with van der Waals surface area (Å²) in [6, 6.07) is 8.95. The van der Waals surface area contributed by atoms with Gasteiger partial charge in [0.25, 0.3) is 11.6 Å². The van der Waals surface area contributed by atoms with Gasteiger partial charge in [-0.15, -0.1) is 5.10 Å². The molecule has 0 radical (unpaired) electrons.